The number of nitrogens with one attached hydrogen (secondary N) is 1. The molecule has 0 bridgehead atoms. The molecule has 0 aliphatic heterocycles. The average molecular weight is 476 g/mol. The number of aryl methyl sites for hydroxylation is 1. The quantitative estimate of drug-likeness (QED) is 0.353. The molecule has 35 heavy (non-hydrogen) atoms. The largest absolute Gasteiger partial charge is 0.457 e. The first-order valence-electron chi connectivity index (χ1n) is 11.8. The van der Waals surface area contributed by atoms with Crippen LogP contribution in [-0.4, -0.2) is 24.4 Å². The monoisotopic (exact) mass is 475 g/mol. The number of carbonyl (C=O) groups is 3. The van der Waals surface area contributed by atoms with E-state index in [2.05, 4.69) is 12.2 Å². The molecular weight excluding hydrogens is 438 g/mol. The van der Waals surface area contributed by atoms with Crippen molar-refractivity contribution in [3.8, 4) is 11.5 Å². The molecule has 0 radical (unpaired) electrons. The zero-order chi connectivity index (χ0) is 26.5. The van der Waals surface area contributed by atoms with Crippen molar-refractivity contribution in [1.82, 2.24) is 0 Å². The highest BCUT2D eigenvalue weighted by Crippen LogP contribution is 2.23. The Balaban J connectivity index is 0.000000327. The Morgan fingerprint density at radius 3 is 1.69 bits per heavy atom. The van der Waals surface area contributed by atoms with Crippen LogP contribution in [0, 0.1) is 12.8 Å². The maximum Gasteiger partial charge on any atom is 0.166 e. The lowest BCUT2D eigenvalue weighted by Gasteiger charge is -2.09. The number of hydrogen-bond donors (Lipinski definition) is 1. The van der Waals surface area contributed by atoms with Crippen molar-refractivity contribution in [2.75, 3.05) is 12.4 Å². The predicted octanol–water partition coefficient (Wildman–Crippen LogP) is 7.79. The van der Waals surface area contributed by atoms with E-state index in [-0.39, 0.29) is 23.3 Å². The molecule has 5 heteroatoms. The van der Waals surface area contributed by atoms with Crippen LogP contribution in [0.25, 0.3) is 0 Å². The summed E-state index contributed by atoms with van der Waals surface area (Å²) in [5.41, 5.74) is 3.50. The van der Waals surface area contributed by atoms with Crippen molar-refractivity contribution >= 4 is 23.0 Å². The Labute approximate surface area is 209 Å². The number of ketones is 3. The number of carbonyl (C=O) groups excluding carboxylic acids is 3. The van der Waals surface area contributed by atoms with Gasteiger partial charge in [-0.2, -0.15) is 0 Å². The Hall–Kier alpha value is -3.73. The van der Waals surface area contributed by atoms with Crippen LogP contribution in [0.4, 0.5) is 5.69 Å². The molecule has 0 fully saturated rings. The van der Waals surface area contributed by atoms with Crippen LogP contribution >= 0.6 is 0 Å². The minimum atomic E-state index is -0.197. The lowest BCUT2D eigenvalue weighted by molar-refractivity contribution is 0.0925. The molecular formula is C30H37NO4. The fraction of sp³-hybridized carbons (Fsp3) is 0.300. The van der Waals surface area contributed by atoms with Crippen LogP contribution in [-0.2, 0) is 0 Å². The zero-order valence-corrected chi connectivity index (χ0v) is 22.1. The topological polar surface area (TPSA) is 72.5 Å². The van der Waals surface area contributed by atoms with Gasteiger partial charge in [0.25, 0.3) is 0 Å². The number of rotatable bonds is 7. The van der Waals surface area contributed by atoms with Gasteiger partial charge < -0.3 is 10.1 Å². The second-order valence-corrected chi connectivity index (χ2v) is 8.08. The Morgan fingerprint density at radius 1 is 0.743 bits per heavy atom. The summed E-state index contributed by atoms with van der Waals surface area (Å²) in [6.07, 6.45) is 0. The van der Waals surface area contributed by atoms with Crippen LogP contribution in [0.1, 0.15) is 78.2 Å². The molecule has 0 spiro atoms. The Kier molecular flexibility index (Phi) is 12.2. The highest BCUT2D eigenvalue weighted by Gasteiger charge is 2.18. The summed E-state index contributed by atoms with van der Waals surface area (Å²) < 4.78 is 5.71. The van der Waals surface area contributed by atoms with E-state index in [0.29, 0.717) is 16.7 Å². The molecule has 0 aliphatic rings. The van der Waals surface area contributed by atoms with Crippen LogP contribution < -0.4 is 10.1 Å². The van der Waals surface area contributed by atoms with Crippen molar-refractivity contribution in [2.24, 2.45) is 5.92 Å². The SMILES string of the molecule is CC.CC(=O)c1ccc(C(=O)C(C)C)c(C(C)=O)c1.CNc1ccc(Oc2ccc(C)cc2)cc1. The molecule has 0 saturated carbocycles. The molecule has 1 N–H and O–H groups in total. The second kappa shape index (κ2) is 14.5. The number of hydrogen-bond acceptors (Lipinski definition) is 5. The van der Waals surface area contributed by atoms with Gasteiger partial charge in [-0.15, -0.1) is 0 Å². The third kappa shape index (κ3) is 9.20. The summed E-state index contributed by atoms with van der Waals surface area (Å²) in [7, 11) is 1.90. The lowest BCUT2D eigenvalue weighted by atomic mass is 9.92. The van der Waals surface area contributed by atoms with Gasteiger partial charge >= 0.3 is 0 Å². The molecule has 3 aromatic rings. The van der Waals surface area contributed by atoms with Crippen LogP contribution in [0.5, 0.6) is 11.5 Å². The van der Waals surface area contributed by atoms with Gasteiger partial charge in [0, 0.05) is 35.3 Å². The van der Waals surface area contributed by atoms with Gasteiger partial charge in [0.2, 0.25) is 0 Å². The van der Waals surface area contributed by atoms with Gasteiger partial charge in [-0.25, -0.2) is 0 Å². The summed E-state index contributed by atoms with van der Waals surface area (Å²) in [5.74, 6) is 1.15. The number of anilines is 1. The maximum absolute atomic E-state index is 11.9. The molecule has 3 aromatic carbocycles. The molecule has 0 aliphatic carbocycles. The van der Waals surface area contributed by atoms with E-state index in [9.17, 15) is 14.4 Å². The summed E-state index contributed by atoms with van der Waals surface area (Å²) in [5, 5.41) is 3.07. The Morgan fingerprint density at radius 2 is 1.26 bits per heavy atom. The predicted molar refractivity (Wildman–Crippen MR) is 144 cm³/mol. The third-order valence-electron chi connectivity index (χ3n) is 4.99. The van der Waals surface area contributed by atoms with Gasteiger partial charge in [0.1, 0.15) is 11.5 Å². The fourth-order valence-corrected chi connectivity index (χ4v) is 3.01. The van der Waals surface area contributed by atoms with Crippen LogP contribution in [0.3, 0.4) is 0 Å². The molecule has 0 unspecified atom stereocenters. The van der Waals surface area contributed by atoms with Crippen LogP contribution in [0.15, 0.2) is 66.7 Å². The molecule has 186 valence electrons. The van der Waals surface area contributed by atoms with Gasteiger partial charge in [-0.05, 0) is 69.3 Å². The standard InChI is InChI=1S/C14H15NO.C14H16O3.C2H6/c1-11-3-7-13(8-4-11)16-14-9-5-12(15-2)6-10-14;1-8(2)14(17)12-6-5-11(9(3)15)7-13(12)10(4)16;1-2/h3-10,15H,1-2H3;5-8H,1-4H3;1-2H3. The molecule has 0 saturated heterocycles. The van der Waals surface area contributed by atoms with Crippen molar-refractivity contribution in [3.63, 3.8) is 0 Å². The number of ether oxygens (including phenoxy) is 1. The maximum atomic E-state index is 11.9. The first-order valence-corrected chi connectivity index (χ1v) is 11.8. The molecule has 0 atom stereocenters. The second-order valence-electron chi connectivity index (χ2n) is 8.08. The van der Waals surface area contributed by atoms with Crippen molar-refractivity contribution < 1.29 is 19.1 Å². The van der Waals surface area contributed by atoms with Crippen LogP contribution in [0.2, 0.25) is 0 Å². The van der Waals surface area contributed by atoms with Gasteiger partial charge in [0.15, 0.2) is 17.3 Å². The van der Waals surface area contributed by atoms with Crippen molar-refractivity contribution in [1.29, 1.82) is 0 Å². The van der Waals surface area contributed by atoms with E-state index in [4.69, 9.17) is 4.74 Å². The summed E-state index contributed by atoms with van der Waals surface area (Å²) >= 11 is 0. The van der Waals surface area contributed by atoms with Gasteiger partial charge in [0.05, 0.1) is 0 Å². The van der Waals surface area contributed by atoms with Gasteiger partial charge in [-0.1, -0.05) is 51.5 Å². The molecule has 5 nitrogen and oxygen atoms in total. The fourth-order valence-electron chi connectivity index (χ4n) is 3.01. The van der Waals surface area contributed by atoms with E-state index in [0.717, 1.165) is 17.2 Å². The number of Topliss-reactive ketones (excluding diaryl/α,β-unsaturated/α-hetero) is 3. The summed E-state index contributed by atoms with van der Waals surface area (Å²) in [6, 6.07) is 20.6. The van der Waals surface area contributed by atoms with E-state index < -0.39 is 0 Å². The molecule has 0 amide bonds. The summed E-state index contributed by atoms with van der Waals surface area (Å²) in [4.78, 5) is 34.7. The minimum absolute atomic E-state index is 0.0784. The third-order valence-corrected chi connectivity index (χ3v) is 4.99. The minimum Gasteiger partial charge on any atom is -0.457 e. The van der Waals surface area contributed by atoms with E-state index >= 15 is 0 Å². The first-order chi connectivity index (χ1) is 16.6. The molecule has 0 aromatic heterocycles. The molecule has 0 heterocycles. The van der Waals surface area contributed by atoms with Crippen molar-refractivity contribution in [2.45, 2.75) is 48.5 Å². The summed E-state index contributed by atoms with van der Waals surface area (Å²) in [6.45, 7) is 12.5. The first kappa shape index (κ1) is 29.3. The highest BCUT2D eigenvalue weighted by atomic mass is 16.5. The van der Waals surface area contributed by atoms with Gasteiger partial charge in [-0.3, -0.25) is 14.4 Å². The Bertz CT molecular complexity index is 1110. The average Bonchev–Trinajstić information content (AvgIpc) is 2.86. The highest BCUT2D eigenvalue weighted by molar-refractivity contribution is 6.10. The molecule has 3 rings (SSSR count). The normalized spacial score (nSPS) is 9.74. The van der Waals surface area contributed by atoms with E-state index in [1.54, 1.807) is 26.0 Å². The van der Waals surface area contributed by atoms with E-state index in [1.165, 1.54) is 25.5 Å². The lowest BCUT2D eigenvalue weighted by Crippen LogP contribution is -2.13. The van der Waals surface area contributed by atoms with E-state index in [1.807, 2.05) is 69.4 Å². The smallest absolute Gasteiger partial charge is 0.166 e. The zero-order valence-electron chi connectivity index (χ0n) is 22.1. The number of benzene rings is 3. The van der Waals surface area contributed by atoms with Crippen molar-refractivity contribution in [3.05, 3.63) is 89.0 Å².